The number of carbonyl (C=O) groups excluding carboxylic acids is 2. The van der Waals surface area contributed by atoms with Crippen LogP contribution in [-0.2, 0) is 16.0 Å². The molecule has 0 saturated carbocycles. The minimum absolute atomic E-state index is 0.0229. The molecule has 1 aromatic carbocycles. The summed E-state index contributed by atoms with van der Waals surface area (Å²) in [5.41, 5.74) is 0.554. The van der Waals surface area contributed by atoms with Crippen LogP contribution >= 0.6 is 11.6 Å². The van der Waals surface area contributed by atoms with Crippen LogP contribution in [0.3, 0.4) is 0 Å². The third kappa shape index (κ3) is 3.35. The third-order valence-electron chi connectivity index (χ3n) is 3.58. The number of hydrogen-bond donors (Lipinski definition) is 0. The van der Waals surface area contributed by atoms with E-state index in [1.54, 1.807) is 12.1 Å². The van der Waals surface area contributed by atoms with E-state index in [1.807, 2.05) is 13.8 Å². The molecule has 1 saturated heterocycles. The van der Waals surface area contributed by atoms with E-state index in [9.17, 15) is 14.0 Å². The summed E-state index contributed by atoms with van der Waals surface area (Å²) in [6, 6.07) is 4.23. The Morgan fingerprint density at radius 1 is 1.52 bits per heavy atom. The van der Waals surface area contributed by atoms with Crippen molar-refractivity contribution >= 4 is 23.6 Å². The van der Waals surface area contributed by atoms with E-state index in [0.717, 1.165) is 4.90 Å². The van der Waals surface area contributed by atoms with Gasteiger partial charge >= 0.3 is 6.09 Å². The number of aryl methyl sites for hydroxylation is 1. The van der Waals surface area contributed by atoms with Crippen LogP contribution < -0.4 is 0 Å². The van der Waals surface area contributed by atoms with E-state index in [2.05, 4.69) is 0 Å². The zero-order valence-corrected chi connectivity index (χ0v) is 12.7. The van der Waals surface area contributed by atoms with Crippen molar-refractivity contribution in [3.63, 3.8) is 0 Å². The summed E-state index contributed by atoms with van der Waals surface area (Å²) in [4.78, 5) is 25.1. The quantitative estimate of drug-likeness (QED) is 0.855. The van der Waals surface area contributed by atoms with E-state index in [0.29, 0.717) is 5.56 Å². The van der Waals surface area contributed by atoms with Gasteiger partial charge in [-0.2, -0.15) is 0 Å². The number of nitrogens with zero attached hydrogens (tertiary/aromatic N) is 1. The largest absolute Gasteiger partial charge is 0.447 e. The molecule has 0 unspecified atom stereocenters. The Balaban J connectivity index is 2.04. The molecule has 1 aliphatic heterocycles. The molecule has 2 amide bonds. The van der Waals surface area contributed by atoms with Crippen LogP contribution in [0.25, 0.3) is 0 Å². The van der Waals surface area contributed by atoms with E-state index in [4.69, 9.17) is 16.3 Å². The summed E-state index contributed by atoms with van der Waals surface area (Å²) in [6.07, 6.45) is -0.241. The molecule has 1 heterocycles. The molecule has 0 bridgehead atoms. The van der Waals surface area contributed by atoms with Crippen molar-refractivity contribution in [3.05, 3.63) is 34.6 Å². The first kappa shape index (κ1) is 15.8. The van der Waals surface area contributed by atoms with Crippen LogP contribution in [0.15, 0.2) is 18.2 Å². The van der Waals surface area contributed by atoms with Crippen molar-refractivity contribution in [1.29, 1.82) is 0 Å². The highest BCUT2D eigenvalue weighted by Gasteiger charge is 2.39. The van der Waals surface area contributed by atoms with Gasteiger partial charge in [-0.1, -0.05) is 37.6 Å². The van der Waals surface area contributed by atoms with Gasteiger partial charge in [0.1, 0.15) is 12.4 Å². The summed E-state index contributed by atoms with van der Waals surface area (Å²) in [6.45, 7) is 4.08. The monoisotopic (exact) mass is 313 g/mol. The van der Waals surface area contributed by atoms with Crippen molar-refractivity contribution in [2.24, 2.45) is 5.92 Å². The molecule has 21 heavy (non-hydrogen) atoms. The molecule has 0 radical (unpaired) electrons. The molecule has 1 aliphatic rings. The maximum atomic E-state index is 13.3. The van der Waals surface area contributed by atoms with Gasteiger partial charge < -0.3 is 4.74 Å². The van der Waals surface area contributed by atoms with Gasteiger partial charge in [-0.05, 0) is 24.0 Å². The van der Waals surface area contributed by atoms with E-state index in [-0.39, 0.29) is 42.3 Å². The van der Waals surface area contributed by atoms with Crippen LogP contribution in [0.1, 0.15) is 25.8 Å². The van der Waals surface area contributed by atoms with Crippen LogP contribution in [0, 0.1) is 11.7 Å². The zero-order chi connectivity index (χ0) is 15.6. The fourth-order valence-electron chi connectivity index (χ4n) is 2.32. The van der Waals surface area contributed by atoms with Crippen LogP contribution in [0.4, 0.5) is 9.18 Å². The summed E-state index contributed by atoms with van der Waals surface area (Å²) < 4.78 is 18.3. The second-order valence-corrected chi connectivity index (χ2v) is 5.74. The Labute approximate surface area is 127 Å². The Hall–Kier alpha value is -1.62. The van der Waals surface area contributed by atoms with Crippen molar-refractivity contribution in [3.8, 4) is 0 Å². The Bertz CT molecular complexity index is 562. The number of imide groups is 1. The van der Waals surface area contributed by atoms with Crippen molar-refractivity contribution in [2.75, 3.05) is 6.61 Å². The molecule has 0 aliphatic carbocycles. The number of ether oxygens (including phenoxy) is 1. The number of cyclic esters (lactones) is 1. The molecule has 0 N–H and O–H groups in total. The fraction of sp³-hybridized carbons (Fsp3) is 0.467. The first-order valence-corrected chi connectivity index (χ1v) is 7.21. The van der Waals surface area contributed by atoms with Gasteiger partial charge in [0, 0.05) is 6.42 Å². The second kappa shape index (κ2) is 6.43. The standard InChI is InChI=1S/C15H17ClFNO3/c1-9(2)12-8-21-15(20)18(12)13(19)7-6-10-4-3-5-11(17)14(10)16/h3-5,9,12H,6-8H2,1-2H3/t12-/m1/s1. The van der Waals surface area contributed by atoms with Gasteiger partial charge in [0.25, 0.3) is 0 Å². The first-order chi connectivity index (χ1) is 9.91. The molecule has 2 rings (SSSR count). The van der Waals surface area contributed by atoms with Crippen LogP contribution in [-0.4, -0.2) is 29.5 Å². The Morgan fingerprint density at radius 2 is 2.24 bits per heavy atom. The lowest BCUT2D eigenvalue weighted by Gasteiger charge is -2.22. The molecule has 1 aromatic rings. The van der Waals surface area contributed by atoms with Crippen molar-refractivity contribution in [1.82, 2.24) is 4.90 Å². The smallest absolute Gasteiger partial charge is 0.416 e. The number of rotatable bonds is 4. The molecule has 1 atom stereocenters. The Kier molecular flexibility index (Phi) is 4.83. The minimum atomic E-state index is -0.607. The normalized spacial score (nSPS) is 18.2. The molecule has 1 fully saturated rings. The summed E-state index contributed by atoms with van der Waals surface area (Å²) in [5.74, 6) is -0.711. The highest BCUT2D eigenvalue weighted by molar-refractivity contribution is 6.31. The topological polar surface area (TPSA) is 46.6 Å². The third-order valence-corrected chi connectivity index (χ3v) is 4.01. The molecule has 4 nitrogen and oxygen atoms in total. The van der Waals surface area contributed by atoms with E-state index < -0.39 is 11.9 Å². The second-order valence-electron chi connectivity index (χ2n) is 5.36. The molecule has 6 heteroatoms. The lowest BCUT2D eigenvalue weighted by atomic mass is 10.0. The summed E-state index contributed by atoms with van der Waals surface area (Å²) in [5, 5.41) is 0.0229. The van der Waals surface area contributed by atoms with E-state index in [1.165, 1.54) is 6.07 Å². The highest BCUT2D eigenvalue weighted by atomic mass is 35.5. The number of hydrogen-bond acceptors (Lipinski definition) is 3. The number of halogens is 2. The van der Waals surface area contributed by atoms with Crippen molar-refractivity contribution < 1.29 is 18.7 Å². The average Bonchev–Trinajstić information content (AvgIpc) is 2.82. The summed E-state index contributed by atoms with van der Waals surface area (Å²) in [7, 11) is 0. The van der Waals surface area contributed by atoms with Gasteiger partial charge in [-0.15, -0.1) is 0 Å². The molecule has 0 aromatic heterocycles. The van der Waals surface area contributed by atoms with Crippen molar-refractivity contribution in [2.45, 2.75) is 32.7 Å². The van der Waals surface area contributed by atoms with Crippen LogP contribution in [0.5, 0.6) is 0 Å². The highest BCUT2D eigenvalue weighted by Crippen LogP contribution is 2.24. The lowest BCUT2D eigenvalue weighted by molar-refractivity contribution is -0.129. The molecule has 114 valence electrons. The fourth-order valence-corrected chi connectivity index (χ4v) is 2.54. The van der Waals surface area contributed by atoms with Gasteiger partial charge in [0.05, 0.1) is 11.1 Å². The van der Waals surface area contributed by atoms with E-state index >= 15 is 0 Å². The van der Waals surface area contributed by atoms with Gasteiger partial charge in [0.15, 0.2) is 0 Å². The number of benzene rings is 1. The molecule has 0 spiro atoms. The Morgan fingerprint density at radius 3 is 2.90 bits per heavy atom. The summed E-state index contributed by atoms with van der Waals surface area (Å²) >= 11 is 5.85. The maximum Gasteiger partial charge on any atom is 0.416 e. The van der Waals surface area contributed by atoms with Gasteiger partial charge in [0.2, 0.25) is 5.91 Å². The van der Waals surface area contributed by atoms with Crippen LogP contribution in [0.2, 0.25) is 5.02 Å². The number of carbonyl (C=O) groups is 2. The molecular weight excluding hydrogens is 297 g/mol. The maximum absolute atomic E-state index is 13.3. The SMILES string of the molecule is CC(C)[C@H]1COC(=O)N1C(=O)CCc1cccc(F)c1Cl. The van der Waals surface area contributed by atoms with Gasteiger partial charge in [-0.25, -0.2) is 14.1 Å². The number of amides is 2. The zero-order valence-electron chi connectivity index (χ0n) is 11.9. The average molecular weight is 314 g/mol. The predicted octanol–water partition coefficient (Wildman–Crippen LogP) is 3.42. The lowest BCUT2D eigenvalue weighted by Crippen LogP contribution is -2.41. The predicted molar refractivity (Wildman–Crippen MR) is 76.6 cm³/mol. The first-order valence-electron chi connectivity index (χ1n) is 6.83. The molecular formula is C15H17ClFNO3. The minimum Gasteiger partial charge on any atom is -0.447 e. The van der Waals surface area contributed by atoms with Gasteiger partial charge in [-0.3, -0.25) is 4.79 Å².